The molecular formula is C11H20N2O3S. The first-order valence-corrected chi connectivity index (χ1v) is 8.05. The van der Waals surface area contributed by atoms with Crippen LogP contribution in [0.15, 0.2) is 0 Å². The Bertz CT molecular complexity index is 394. The van der Waals surface area contributed by atoms with Crippen molar-refractivity contribution in [1.82, 2.24) is 10.6 Å². The molecule has 2 heterocycles. The van der Waals surface area contributed by atoms with Gasteiger partial charge in [0.05, 0.1) is 17.5 Å². The summed E-state index contributed by atoms with van der Waals surface area (Å²) in [5.41, 5.74) is 0. The van der Waals surface area contributed by atoms with Crippen molar-refractivity contribution in [3.8, 4) is 0 Å². The van der Waals surface area contributed by atoms with Gasteiger partial charge in [-0.3, -0.25) is 4.79 Å². The minimum absolute atomic E-state index is 0.0429. The Labute approximate surface area is 102 Å². The number of rotatable bonds is 2. The number of hydrogen-bond donors (Lipinski definition) is 2. The molecule has 2 aliphatic heterocycles. The van der Waals surface area contributed by atoms with Crippen LogP contribution in [0.2, 0.25) is 0 Å². The lowest BCUT2D eigenvalue weighted by atomic mass is 9.99. The Balaban J connectivity index is 1.85. The van der Waals surface area contributed by atoms with Crippen LogP contribution in [0.1, 0.15) is 32.6 Å². The zero-order valence-electron chi connectivity index (χ0n) is 10.1. The highest BCUT2D eigenvalue weighted by Crippen LogP contribution is 2.15. The molecule has 3 unspecified atom stereocenters. The maximum absolute atomic E-state index is 11.9. The Hall–Kier alpha value is -0.620. The highest BCUT2D eigenvalue weighted by molar-refractivity contribution is 7.91. The van der Waals surface area contributed by atoms with Gasteiger partial charge in [-0.15, -0.1) is 0 Å². The molecule has 2 saturated heterocycles. The van der Waals surface area contributed by atoms with Gasteiger partial charge < -0.3 is 10.6 Å². The van der Waals surface area contributed by atoms with Crippen LogP contribution in [0, 0.1) is 0 Å². The predicted molar refractivity (Wildman–Crippen MR) is 65.4 cm³/mol. The van der Waals surface area contributed by atoms with Gasteiger partial charge in [0.15, 0.2) is 9.84 Å². The summed E-state index contributed by atoms with van der Waals surface area (Å²) in [6.45, 7) is 2.07. The van der Waals surface area contributed by atoms with Crippen molar-refractivity contribution in [3.05, 3.63) is 0 Å². The molecule has 2 aliphatic rings. The third kappa shape index (κ3) is 3.42. The largest absolute Gasteiger partial charge is 0.351 e. The second-order valence-electron chi connectivity index (χ2n) is 5.16. The average molecular weight is 260 g/mol. The summed E-state index contributed by atoms with van der Waals surface area (Å²) in [7, 11) is -2.92. The topological polar surface area (TPSA) is 75.3 Å². The summed E-state index contributed by atoms with van der Waals surface area (Å²) in [6.07, 6.45) is 3.54. The van der Waals surface area contributed by atoms with Gasteiger partial charge in [0.1, 0.15) is 0 Å². The van der Waals surface area contributed by atoms with E-state index in [1.165, 1.54) is 0 Å². The Morgan fingerprint density at radius 3 is 2.65 bits per heavy atom. The van der Waals surface area contributed by atoms with E-state index >= 15 is 0 Å². The molecule has 0 spiro atoms. The summed E-state index contributed by atoms with van der Waals surface area (Å²) >= 11 is 0. The van der Waals surface area contributed by atoms with E-state index in [4.69, 9.17) is 0 Å². The van der Waals surface area contributed by atoms with Gasteiger partial charge in [-0.05, 0) is 32.6 Å². The van der Waals surface area contributed by atoms with Crippen molar-refractivity contribution in [3.63, 3.8) is 0 Å². The van der Waals surface area contributed by atoms with Gasteiger partial charge >= 0.3 is 0 Å². The highest BCUT2D eigenvalue weighted by atomic mass is 32.2. The number of carbonyl (C=O) groups is 1. The quantitative estimate of drug-likeness (QED) is 0.722. The zero-order chi connectivity index (χ0) is 12.5. The lowest BCUT2D eigenvalue weighted by molar-refractivity contribution is -0.124. The molecule has 1 amide bonds. The van der Waals surface area contributed by atoms with Crippen LogP contribution in [0.4, 0.5) is 0 Å². The lowest BCUT2D eigenvalue weighted by Crippen LogP contribution is -2.52. The van der Waals surface area contributed by atoms with E-state index in [1.54, 1.807) is 0 Å². The minimum atomic E-state index is -2.92. The molecule has 0 aromatic heterocycles. The van der Waals surface area contributed by atoms with Crippen LogP contribution >= 0.6 is 0 Å². The van der Waals surface area contributed by atoms with Crippen molar-refractivity contribution >= 4 is 15.7 Å². The molecule has 0 aromatic rings. The van der Waals surface area contributed by atoms with Gasteiger partial charge in [0.25, 0.3) is 0 Å². The van der Waals surface area contributed by atoms with Gasteiger partial charge in [-0.1, -0.05) is 0 Å². The van der Waals surface area contributed by atoms with E-state index < -0.39 is 9.84 Å². The maximum atomic E-state index is 11.9. The van der Waals surface area contributed by atoms with Crippen LogP contribution in [0.5, 0.6) is 0 Å². The lowest BCUT2D eigenvalue weighted by Gasteiger charge is -2.28. The van der Waals surface area contributed by atoms with Crippen molar-refractivity contribution in [2.24, 2.45) is 0 Å². The molecule has 3 atom stereocenters. The second kappa shape index (κ2) is 4.94. The monoisotopic (exact) mass is 260 g/mol. The number of sulfone groups is 1. The van der Waals surface area contributed by atoms with Crippen LogP contribution in [0.25, 0.3) is 0 Å². The van der Waals surface area contributed by atoms with Crippen LogP contribution in [-0.4, -0.2) is 44.0 Å². The fourth-order valence-electron chi connectivity index (χ4n) is 2.56. The Kier molecular flexibility index (Phi) is 3.73. The SMILES string of the molecule is CC1CCCC(C(=O)NC2CCS(=O)(=O)C2)N1. The average Bonchev–Trinajstić information content (AvgIpc) is 2.58. The van der Waals surface area contributed by atoms with Crippen LogP contribution in [-0.2, 0) is 14.6 Å². The molecular weight excluding hydrogens is 240 g/mol. The minimum Gasteiger partial charge on any atom is -0.351 e. The summed E-state index contributed by atoms with van der Waals surface area (Å²) in [5.74, 6) is 0.256. The number of amides is 1. The van der Waals surface area contributed by atoms with E-state index in [0.29, 0.717) is 12.5 Å². The molecule has 2 N–H and O–H groups in total. The van der Waals surface area contributed by atoms with E-state index in [0.717, 1.165) is 19.3 Å². The maximum Gasteiger partial charge on any atom is 0.237 e. The molecule has 6 heteroatoms. The van der Waals surface area contributed by atoms with E-state index in [1.807, 2.05) is 0 Å². The van der Waals surface area contributed by atoms with Crippen molar-refractivity contribution < 1.29 is 13.2 Å². The smallest absolute Gasteiger partial charge is 0.237 e. The second-order valence-corrected chi connectivity index (χ2v) is 7.39. The summed E-state index contributed by atoms with van der Waals surface area (Å²) in [5, 5.41) is 6.09. The van der Waals surface area contributed by atoms with Gasteiger partial charge in [0, 0.05) is 12.1 Å². The van der Waals surface area contributed by atoms with Crippen molar-refractivity contribution in [1.29, 1.82) is 0 Å². The zero-order valence-corrected chi connectivity index (χ0v) is 10.9. The number of carbonyl (C=O) groups excluding carboxylic acids is 1. The first-order valence-electron chi connectivity index (χ1n) is 6.23. The summed E-state index contributed by atoms with van der Waals surface area (Å²) in [4.78, 5) is 11.9. The molecule has 0 saturated carbocycles. The highest BCUT2D eigenvalue weighted by Gasteiger charge is 2.31. The molecule has 17 heavy (non-hydrogen) atoms. The van der Waals surface area contributed by atoms with Crippen molar-refractivity contribution in [2.75, 3.05) is 11.5 Å². The van der Waals surface area contributed by atoms with E-state index in [2.05, 4.69) is 17.6 Å². The predicted octanol–water partition coefficient (Wildman–Crippen LogP) is -0.180. The van der Waals surface area contributed by atoms with Gasteiger partial charge in [0.2, 0.25) is 5.91 Å². The van der Waals surface area contributed by atoms with E-state index in [-0.39, 0.29) is 29.5 Å². The molecule has 0 radical (unpaired) electrons. The molecule has 0 bridgehead atoms. The molecule has 2 rings (SSSR count). The molecule has 5 nitrogen and oxygen atoms in total. The molecule has 2 fully saturated rings. The molecule has 0 aromatic carbocycles. The first-order chi connectivity index (χ1) is 7.96. The summed E-state index contributed by atoms with van der Waals surface area (Å²) < 4.78 is 22.6. The first kappa shape index (κ1) is 12.8. The summed E-state index contributed by atoms with van der Waals surface area (Å²) in [6, 6.07) is 0.0281. The van der Waals surface area contributed by atoms with Gasteiger partial charge in [-0.25, -0.2) is 8.42 Å². The number of hydrogen-bond acceptors (Lipinski definition) is 4. The Morgan fingerprint density at radius 1 is 1.29 bits per heavy atom. The fraction of sp³-hybridized carbons (Fsp3) is 0.909. The third-order valence-corrected chi connectivity index (χ3v) is 5.28. The van der Waals surface area contributed by atoms with Crippen LogP contribution < -0.4 is 10.6 Å². The molecule has 98 valence electrons. The number of piperidine rings is 1. The Morgan fingerprint density at radius 2 is 2.06 bits per heavy atom. The van der Waals surface area contributed by atoms with Crippen molar-refractivity contribution in [2.45, 2.75) is 50.7 Å². The fourth-order valence-corrected chi connectivity index (χ4v) is 4.23. The van der Waals surface area contributed by atoms with E-state index in [9.17, 15) is 13.2 Å². The normalized spacial score (nSPS) is 36.6. The molecule has 0 aliphatic carbocycles. The van der Waals surface area contributed by atoms with Gasteiger partial charge in [-0.2, -0.15) is 0 Å². The van der Waals surface area contributed by atoms with Crippen LogP contribution in [0.3, 0.4) is 0 Å². The standard InChI is InChI=1S/C11H20N2O3S/c1-8-3-2-4-10(12-8)11(14)13-9-5-6-17(15,16)7-9/h8-10,12H,2-7H2,1H3,(H,13,14). The third-order valence-electron chi connectivity index (χ3n) is 3.51. The number of nitrogens with one attached hydrogen (secondary N) is 2.